The van der Waals surface area contributed by atoms with Crippen molar-refractivity contribution < 1.29 is 9.84 Å². The Labute approximate surface area is 123 Å². The van der Waals surface area contributed by atoms with E-state index in [1.54, 1.807) is 0 Å². The zero-order valence-corrected chi connectivity index (χ0v) is 12.9. The van der Waals surface area contributed by atoms with Crippen LogP contribution in [0.4, 0.5) is 0 Å². The van der Waals surface area contributed by atoms with Gasteiger partial charge in [0.05, 0.1) is 0 Å². The van der Waals surface area contributed by atoms with E-state index < -0.39 is 6.10 Å². The third-order valence-corrected chi connectivity index (χ3v) is 4.32. The number of aliphatic hydroxyl groups excluding tert-OH is 1. The van der Waals surface area contributed by atoms with Crippen LogP contribution in [0.3, 0.4) is 0 Å². The highest BCUT2D eigenvalue weighted by Gasteiger charge is 2.23. The van der Waals surface area contributed by atoms with Crippen molar-refractivity contribution in [3.63, 3.8) is 0 Å². The van der Waals surface area contributed by atoms with Gasteiger partial charge in [-0.15, -0.1) is 0 Å². The highest BCUT2D eigenvalue weighted by atomic mass is 79.9. The Bertz CT molecular complexity index is 378. The van der Waals surface area contributed by atoms with Gasteiger partial charge in [0.1, 0.15) is 18.5 Å². The average Bonchev–Trinajstić information content (AvgIpc) is 2.33. The third kappa shape index (κ3) is 4.79. The highest BCUT2D eigenvalue weighted by molar-refractivity contribution is 9.10. The minimum Gasteiger partial charge on any atom is -0.491 e. The van der Waals surface area contributed by atoms with Gasteiger partial charge in [-0.3, -0.25) is 0 Å². The molecule has 0 spiro atoms. The first kappa shape index (κ1) is 14.8. The van der Waals surface area contributed by atoms with E-state index >= 15 is 0 Å². The summed E-state index contributed by atoms with van der Waals surface area (Å²) in [4.78, 5) is 0. The SMILES string of the molecule is CC(NCC(O)COc1ccc(Br)cc1)C1CCC1. The van der Waals surface area contributed by atoms with Crippen molar-refractivity contribution in [1.29, 1.82) is 0 Å². The van der Waals surface area contributed by atoms with Gasteiger partial charge in [-0.1, -0.05) is 22.4 Å². The van der Waals surface area contributed by atoms with Crippen molar-refractivity contribution in [2.75, 3.05) is 13.2 Å². The topological polar surface area (TPSA) is 41.5 Å². The maximum Gasteiger partial charge on any atom is 0.119 e. The van der Waals surface area contributed by atoms with E-state index in [4.69, 9.17) is 4.74 Å². The monoisotopic (exact) mass is 327 g/mol. The number of aliphatic hydroxyl groups is 1. The predicted molar refractivity (Wildman–Crippen MR) is 80.4 cm³/mol. The number of nitrogens with one attached hydrogen (secondary N) is 1. The van der Waals surface area contributed by atoms with Crippen LogP contribution in [0, 0.1) is 5.92 Å². The molecule has 3 nitrogen and oxygen atoms in total. The fraction of sp³-hybridized carbons (Fsp3) is 0.600. The van der Waals surface area contributed by atoms with Crippen molar-refractivity contribution in [3.05, 3.63) is 28.7 Å². The van der Waals surface area contributed by atoms with Crippen molar-refractivity contribution in [3.8, 4) is 5.75 Å². The first-order chi connectivity index (χ1) is 9.15. The highest BCUT2D eigenvalue weighted by Crippen LogP contribution is 2.29. The van der Waals surface area contributed by atoms with Crippen LogP contribution in [0.2, 0.25) is 0 Å². The first-order valence-corrected chi connectivity index (χ1v) is 7.74. The van der Waals surface area contributed by atoms with Crippen LogP contribution in [0.5, 0.6) is 5.75 Å². The number of hydrogen-bond acceptors (Lipinski definition) is 3. The summed E-state index contributed by atoms with van der Waals surface area (Å²) in [6.45, 7) is 3.12. The van der Waals surface area contributed by atoms with E-state index in [-0.39, 0.29) is 0 Å². The molecule has 2 N–H and O–H groups in total. The molecule has 1 aliphatic rings. The molecule has 0 bridgehead atoms. The van der Waals surface area contributed by atoms with E-state index in [2.05, 4.69) is 28.2 Å². The molecule has 0 aromatic heterocycles. The van der Waals surface area contributed by atoms with Gasteiger partial charge in [0.15, 0.2) is 0 Å². The summed E-state index contributed by atoms with van der Waals surface area (Å²) in [5.41, 5.74) is 0. The van der Waals surface area contributed by atoms with Crippen LogP contribution < -0.4 is 10.1 Å². The fourth-order valence-electron chi connectivity index (χ4n) is 2.21. The molecule has 2 rings (SSSR count). The molecule has 2 atom stereocenters. The molecule has 4 heteroatoms. The Kier molecular flexibility index (Phi) is 5.67. The van der Waals surface area contributed by atoms with E-state index in [1.807, 2.05) is 24.3 Å². The standard InChI is InChI=1S/C15H22BrNO2/c1-11(12-3-2-4-12)17-9-14(18)10-19-15-7-5-13(16)6-8-15/h5-8,11-12,14,17-18H,2-4,9-10H2,1H3. The van der Waals surface area contributed by atoms with Crippen LogP contribution in [-0.2, 0) is 0 Å². The van der Waals surface area contributed by atoms with Crippen LogP contribution >= 0.6 is 15.9 Å². The number of hydrogen-bond donors (Lipinski definition) is 2. The second-order valence-corrected chi connectivity index (χ2v) is 6.22. The second-order valence-electron chi connectivity index (χ2n) is 5.31. The van der Waals surface area contributed by atoms with Gasteiger partial charge in [-0.2, -0.15) is 0 Å². The summed E-state index contributed by atoms with van der Waals surface area (Å²) in [5, 5.41) is 13.3. The lowest BCUT2D eigenvalue weighted by molar-refractivity contribution is 0.0982. The molecule has 19 heavy (non-hydrogen) atoms. The molecule has 0 amide bonds. The maximum atomic E-state index is 9.89. The lowest BCUT2D eigenvalue weighted by Gasteiger charge is -2.32. The quantitative estimate of drug-likeness (QED) is 0.809. The normalized spacial score (nSPS) is 18.7. The van der Waals surface area contributed by atoms with Crippen molar-refractivity contribution in [1.82, 2.24) is 5.32 Å². The zero-order chi connectivity index (χ0) is 13.7. The Hall–Kier alpha value is -0.580. The van der Waals surface area contributed by atoms with Crippen LogP contribution in [-0.4, -0.2) is 30.4 Å². The molecule has 0 saturated heterocycles. The molecule has 0 heterocycles. The van der Waals surface area contributed by atoms with Gasteiger partial charge in [0.25, 0.3) is 0 Å². The molecule has 0 aliphatic heterocycles. The maximum absolute atomic E-state index is 9.89. The predicted octanol–water partition coefficient (Wildman–Crippen LogP) is 2.97. The van der Waals surface area contributed by atoms with Crippen molar-refractivity contribution >= 4 is 15.9 Å². The summed E-state index contributed by atoms with van der Waals surface area (Å²) in [6, 6.07) is 8.13. The first-order valence-electron chi connectivity index (χ1n) is 6.95. The van der Waals surface area contributed by atoms with E-state index in [9.17, 15) is 5.11 Å². The minimum atomic E-state index is -0.467. The Morgan fingerprint density at radius 2 is 2.05 bits per heavy atom. The number of rotatable bonds is 7. The summed E-state index contributed by atoms with van der Waals surface area (Å²) < 4.78 is 6.57. The van der Waals surface area contributed by atoms with Crippen LogP contribution in [0.1, 0.15) is 26.2 Å². The smallest absolute Gasteiger partial charge is 0.119 e. The Morgan fingerprint density at radius 1 is 1.37 bits per heavy atom. The van der Waals surface area contributed by atoms with E-state index in [0.29, 0.717) is 19.2 Å². The molecular weight excluding hydrogens is 306 g/mol. The molecule has 1 aromatic rings. The number of ether oxygens (including phenoxy) is 1. The van der Waals surface area contributed by atoms with Crippen LogP contribution in [0.15, 0.2) is 28.7 Å². The van der Waals surface area contributed by atoms with E-state index in [0.717, 1.165) is 16.1 Å². The Morgan fingerprint density at radius 3 is 2.63 bits per heavy atom. The lowest BCUT2D eigenvalue weighted by atomic mass is 9.80. The Balaban J connectivity index is 1.63. The third-order valence-electron chi connectivity index (χ3n) is 3.79. The lowest BCUT2D eigenvalue weighted by Crippen LogP contribution is -2.42. The summed E-state index contributed by atoms with van der Waals surface area (Å²) >= 11 is 3.38. The largest absolute Gasteiger partial charge is 0.491 e. The molecule has 0 radical (unpaired) electrons. The van der Waals surface area contributed by atoms with Crippen LogP contribution in [0.25, 0.3) is 0 Å². The molecule has 1 saturated carbocycles. The zero-order valence-electron chi connectivity index (χ0n) is 11.3. The minimum absolute atomic E-state index is 0.325. The molecule has 1 aromatic carbocycles. The summed E-state index contributed by atoms with van der Waals surface area (Å²) in [7, 11) is 0. The summed E-state index contributed by atoms with van der Waals surface area (Å²) in [6.07, 6.45) is 3.52. The molecule has 2 unspecified atom stereocenters. The van der Waals surface area contributed by atoms with Gasteiger partial charge in [0, 0.05) is 17.1 Å². The molecule has 106 valence electrons. The van der Waals surface area contributed by atoms with Crippen molar-refractivity contribution in [2.24, 2.45) is 5.92 Å². The van der Waals surface area contributed by atoms with Gasteiger partial charge >= 0.3 is 0 Å². The fourth-order valence-corrected chi connectivity index (χ4v) is 2.47. The number of halogens is 1. The molecule has 1 aliphatic carbocycles. The number of benzene rings is 1. The summed E-state index contributed by atoms with van der Waals surface area (Å²) in [5.74, 6) is 1.58. The van der Waals surface area contributed by atoms with E-state index in [1.165, 1.54) is 19.3 Å². The second kappa shape index (κ2) is 7.27. The van der Waals surface area contributed by atoms with Gasteiger partial charge in [-0.05, 0) is 49.9 Å². The van der Waals surface area contributed by atoms with Gasteiger partial charge in [0.2, 0.25) is 0 Å². The average molecular weight is 328 g/mol. The van der Waals surface area contributed by atoms with Gasteiger partial charge < -0.3 is 15.2 Å². The molecular formula is C15H22BrNO2. The molecule has 1 fully saturated rings. The van der Waals surface area contributed by atoms with Crippen molar-refractivity contribution in [2.45, 2.75) is 38.3 Å². The van der Waals surface area contributed by atoms with Gasteiger partial charge in [-0.25, -0.2) is 0 Å².